The van der Waals surface area contributed by atoms with Crippen molar-refractivity contribution in [1.29, 1.82) is 0 Å². The summed E-state index contributed by atoms with van der Waals surface area (Å²) in [6.45, 7) is 12.7. The summed E-state index contributed by atoms with van der Waals surface area (Å²) in [5.41, 5.74) is 3.35. The van der Waals surface area contributed by atoms with E-state index in [9.17, 15) is 19.5 Å². The van der Waals surface area contributed by atoms with E-state index in [0.717, 1.165) is 12.0 Å². The van der Waals surface area contributed by atoms with Gasteiger partial charge in [-0.1, -0.05) is 69.3 Å². The number of amides is 1. The van der Waals surface area contributed by atoms with Gasteiger partial charge in [-0.05, 0) is 74.6 Å². The molecule has 2 aromatic carbocycles. The molecule has 0 fully saturated rings. The molecule has 0 saturated carbocycles. The number of hydrogen-bond donors (Lipinski definition) is 2. The van der Waals surface area contributed by atoms with Gasteiger partial charge in [0.1, 0.15) is 11.6 Å². The van der Waals surface area contributed by atoms with E-state index in [1.807, 2.05) is 18.2 Å². The van der Waals surface area contributed by atoms with Crippen LogP contribution in [0.25, 0.3) is 11.1 Å². The Labute approximate surface area is 215 Å². The van der Waals surface area contributed by atoms with Crippen LogP contribution < -0.4 is 5.32 Å². The summed E-state index contributed by atoms with van der Waals surface area (Å²) in [6.07, 6.45) is 1.78. The van der Waals surface area contributed by atoms with Crippen LogP contribution in [0.1, 0.15) is 71.9 Å². The Morgan fingerprint density at radius 1 is 0.972 bits per heavy atom. The molecule has 2 rings (SSSR count). The number of esters is 1. The minimum Gasteiger partial charge on any atom is -0.480 e. The normalized spacial score (nSPS) is 13.5. The smallest absolute Gasteiger partial charge is 0.326 e. The first-order valence-corrected chi connectivity index (χ1v) is 12.6. The van der Waals surface area contributed by atoms with Crippen molar-refractivity contribution in [2.45, 2.75) is 85.8 Å². The number of aryl methyl sites for hydroxylation is 2. The van der Waals surface area contributed by atoms with Crippen LogP contribution in [0.3, 0.4) is 0 Å². The standard InChI is InChI=1S/C30H41NO5/c1-20-18-21(16-17-24(20)22-13-9-8-10-14-22)12-11-15-23(19-25(32)36-30(5,6)7)27(33)31-26(28(34)35)29(2,3)4/h8-10,13-14,16-18,23,26H,11-12,15,19H2,1-7H3,(H,31,33)(H,34,35)/t23-,26-/m1/s1. The third kappa shape index (κ3) is 9.14. The summed E-state index contributed by atoms with van der Waals surface area (Å²) >= 11 is 0. The molecule has 0 radical (unpaired) electrons. The quantitative estimate of drug-likeness (QED) is 0.398. The average molecular weight is 496 g/mol. The molecule has 2 N–H and O–H groups in total. The molecule has 0 spiro atoms. The zero-order valence-electron chi connectivity index (χ0n) is 22.7. The number of nitrogens with one attached hydrogen (secondary N) is 1. The number of ether oxygens (including phenoxy) is 1. The molecule has 0 aliphatic heterocycles. The fourth-order valence-corrected chi connectivity index (χ4v) is 4.19. The van der Waals surface area contributed by atoms with E-state index < -0.39 is 40.8 Å². The largest absolute Gasteiger partial charge is 0.480 e. The maximum atomic E-state index is 13.1. The number of rotatable bonds is 10. The van der Waals surface area contributed by atoms with Crippen LogP contribution in [0.15, 0.2) is 48.5 Å². The molecule has 2 aromatic rings. The summed E-state index contributed by atoms with van der Waals surface area (Å²) in [4.78, 5) is 37.4. The van der Waals surface area contributed by atoms with Crippen molar-refractivity contribution in [3.63, 3.8) is 0 Å². The predicted molar refractivity (Wildman–Crippen MR) is 143 cm³/mol. The third-order valence-corrected chi connectivity index (χ3v) is 6.00. The molecule has 6 heteroatoms. The number of carboxylic acids is 1. The minimum atomic E-state index is -1.10. The van der Waals surface area contributed by atoms with Gasteiger partial charge in [0.15, 0.2) is 0 Å². The van der Waals surface area contributed by atoms with Crippen molar-refractivity contribution in [3.8, 4) is 11.1 Å². The lowest BCUT2D eigenvalue weighted by Gasteiger charge is -2.29. The first kappa shape index (κ1) is 29.1. The molecule has 0 aromatic heterocycles. The van der Waals surface area contributed by atoms with Gasteiger partial charge in [-0.3, -0.25) is 9.59 Å². The van der Waals surface area contributed by atoms with Gasteiger partial charge in [0.25, 0.3) is 0 Å². The first-order valence-electron chi connectivity index (χ1n) is 12.6. The van der Waals surface area contributed by atoms with E-state index in [2.05, 4.69) is 42.6 Å². The molecule has 0 unspecified atom stereocenters. The van der Waals surface area contributed by atoms with Gasteiger partial charge in [-0.15, -0.1) is 0 Å². The van der Waals surface area contributed by atoms with Crippen LogP contribution in [0, 0.1) is 18.3 Å². The van der Waals surface area contributed by atoms with E-state index in [1.165, 1.54) is 16.7 Å². The lowest BCUT2D eigenvalue weighted by molar-refractivity contribution is -0.157. The molecule has 0 aliphatic carbocycles. The molecule has 0 aliphatic rings. The second kappa shape index (κ2) is 12.2. The maximum absolute atomic E-state index is 13.1. The Morgan fingerprint density at radius 2 is 1.61 bits per heavy atom. The molecule has 6 nitrogen and oxygen atoms in total. The second-order valence-corrected chi connectivity index (χ2v) is 11.5. The predicted octanol–water partition coefficient (Wildman–Crippen LogP) is 5.95. The number of carboxylic acid groups (broad SMARTS) is 1. The highest BCUT2D eigenvalue weighted by Gasteiger charge is 2.35. The average Bonchev–Trinajstić information content (AvgIpc) is 2.75. The van der Waals surface area contributed by atoms with Gasteiger partial charge in [-0.2, -0.15) is 0 Å². The van der Waals surface area contributed by atoms with Gasteiger partial charge in [0.2, 0.25) is 5.91 Å². The second-order valence-electron chi connectivity index (χ2n) is 11.5. The maximum Gasteiger partial charge on any atom is 0.326 e. The molecule has 2 atom stereocenters. The van der Waals surface area contributed by atoms with Crippen LogP contribution in [0.4, 0.5) is 0 Å². The van der Waals surface area contributed by atoms with Crippen molar-refractivity contribution < 1.29 is 24.2 Å². The van der Waals surface area contributed by atoms with E-state index in [0.29, 0.717) is 12.8 Å². The van der Waals surface area contributed by atoms with Gasteiger partial charge >= 0.3 is 11.9 Å². The Kier molecular flexibility index (Phi) is 9.85. The number of benzene rings is 2. The van der Waals surface area contributed by atoms with Crippen molar-refractivity contribution >= 4 is 17.8 Å². The molecule has 1 amide bonds. The van der Waals surface area contributed by atoms with Gasteiger partial charge < -0.3 is 15.2 Å². The highest BCUT2D eigenvalue weighted by atomic mass is 16.6. The highest BCUT2D eigenvalue weighted by Crippen LogP contribution is 2.26. The topological polar surface area (TPSA) is 92.7 Å². The Hall–Kier alpha value is -3.15. The minimum absolute atomic E-state index is 0.0917. The molecule has 0 bridgehead atoms. The van der Waals surface area contributed by atoms with Crippen LogP contribution in [-0.4, -0.2) is 34.6 Å². The van der Waals surface area contributed by atoms with Crippen molar-refractivity contribution in [3.05, 3.63) is 59.7 Å². The number of carbonyl (C=O) groups is 3. The number of carbonyl (C=O) groups excluding carboxylic acids is 2. The third-order valence-electron chi connectivity index (χ3n) is 6.00. The summed E-state index contributed by atoms with van der Waals surface area (Å²) in [7, 11) is 0. The van der Waals surface area contributed by atoms with Crippen LogP contribution in [-0.2, 0) is 25.5 Å². The summed E-state index contributed by atoms with van der Waals surface area (Å²) in [6, 6.07) is 15.5. The lowest BCUT2D eigenvalue weighted by Crippen LogP contribution is -2.51. The van der Waals surface area contributed by atoms with E-state index in [1.54, 1.807) is 41.5 Å². The van der Waals surface area contributed by atoms with Gasteiger partial charge in [-0.25, -0.2) is 4.79 Å². The van der Waals surface area contributed by atoms with Gasteiger partial charge in [0.05, 0.1) is 6.42 Å². The molecule has 0 heterocycles. The summed E-state index contributed by atoms with van der Waals surface area (Å²) < 4.78 is 5.44. The Balaban J connectivity index is 2.11. The van der Waals surface area contributed by atoms with E-state index >= 15 is 0 Å². The fourth-order valence-electron chi connectivity index (χ4n) is 4.19. The van der Waals surface area contributed by atoms with E-state index in [-0.39, 0.29) is 6.42 Å². The SMILES string of the molecule is Cc1cc(CCC[C@H](CC(=O)OC(C)(C)C)C(=O)N[C@H](C(=O)O)C(C)(C)C)ccc1-c1ccccc1. The van der Waals surface area contributed by atoms with Crippen molar-refractivity contribution in [1.82, 2.24) is 5.32 Å². The zero-order chi connectivity index (χ0) is 27.1. The van der Waals surface area contributed by atoms with Crippen LogP contribution in [0.5, 0.6) is 0 Å². The molecule has 36 heavy (non-hydrogen) atoms. The molecular formula is C30H41NO5. The van der Waals surface area contributed by atoms with Crippen molar-refractivity contribution in [2.75, 3.05) is 0 Å². The summed E-state index contributed by atoms with van der Waals surface area (Å²) in [5, 5.41) is 12.3. The summed E-state index contributed by atoms with van der Waals surface area (Å²) in [5.74, 6) is -2.67. The Bertz CT molecular complexity index is 1050. The van der Waals surface area contributed by atoms with E-state index in [4.69, 9.17) is 4.74 Å². The monoisotopic (exact) mass is 495 g/mol. The first-order chi connectivity index (χ1) is 16.7. The molecular weight excluding hydrogens is 454 g/mol. The number of aliphatic carboxylic acids is 1. The number of hydrogen-bond acceptors (Lipinski definition) is 4. The zero-order valence-corrected chi connectivity index (χ0v) is 22.7. The van der Waals surface area contributed by atoms with Crippen molar-refractivity contribution in [2.24, 2.45) is 11.3 Å². The lowest BCUT2D eigenvalue weighted by atomic mass is 9.86. The van der Waals surface area contributed by atoms with Crippen LogP contribution in [0.2, 0.25) is 0 Å². The highest BCUT2D eigenvalue weighted by molar-refractivity contribution is 5.88. The van der Waals surface area contributed by atoms with Crippen LogP contribution >= 0.6 is 0 Å². The molecule has 196 valence electrons. The fraction of sp³-hybridized carbons (Fsp3) is 0.500. The molecule has 0 saturated heterocycles. The Morgan fingerprint density at radius 3 is 2.14 bits per heavy atom. The van der Waals surface area contributed by atoms with Gasteiger partial charge in [0, 0.05) is 5.92 Å².